The number of hydrogen-bond acceptors (Lipinski definition) is 4. The number of nitrogens with zero attached hydrogens (tertiary/aromatic N) is 2. The SMILES string of the molecule is Cc1cccc(COc2cc(C)nc(Nc3ccc(F)c(C)c3)n2)c1. The van der Waals surface area contributed by atoms with E-state index in [4.69, 9.17) is 4.74 Å². The Labute approximate surface area is 146 Å². The highest BCUT2D eigenvalue weighted by Gasteiger charge is 2.06. The molecule has 3 aromatic rings. The van der Waals surface area contributed by atoms with E-state index >= 15 is 0 Å². The molecule has 25 heavy (non-hydrogen) atoms. The Morgan fingerprint density at radius 3 is 2.60 bits per heavy atom. The van der Waals surface area contributed by atoms with Crippen molar-refractivity contribution in [3.8, 4) is 5.88 Å². The minimum Gasteiger partial charge on any atom is -0.473 e. The number of aromatic nitrogens is 2. The number of aryl methyl sites for hydroxylation is 3. The fraction of sp³-hybridized carbons (Fsp3) is 0.200. The molecule has 5 heteroatoms. The van der Waals surface area contributed by atoms with E-state index in [0.29, 0.717) is 24.0 Å². The highest BCUT2D eigenvalue weighted by molar-refractivity contribution is 5.55. The van der Waals surface area contributed by atoms with Gasteiger partial charge in [0, 0.05) is 17.4 Å². The average molecular weight is 337 g/mol. The summed E-state index contributed by atoms with van der Waals surface area (Å²) in [6.07, 6.45) is 0. The Hall–Kier alpha value is -2.95. The Balaban J connectivity index is 1.74. The van der Waals surface area contributed by atoms with E-state index in [2.05, 4.69) is 21.4 Å². The van der Waals surface area contributed by atoms with Crippen LogP contribution < -0.4 is 10.1 Å². The molecule has 0 aliphatic carbocycles. The summed E-state index contributed by atoms with van der Waals surface area (Å²) in [5.74, 6) is 0.679. The van der Waals surface area contributed by atoms with Gasteiger partial charge in [0.1, 0.15) is 12.4 Å². The predicted octanol–water partition coefficient (Wildman–Crippen LogP) is 4.86. The zero-order valence-corrected chi connectivity index (χ0v) is 14.5. The molecule has 0 aliphatic heterocycles. The molecule has 0 unspecified atom stereocenters. The first kappa shape index (κ1) is 16.9. The highest BCUT2D eigenvalue weighted by atomic mass is 19.1. The first-order valence-corrected chi connectivity index (χ1v) is 8.07. The summed E-state index contributed by atoms with van der Waals surface area (Å²) in [5, 5.41) is 3.09. The number of anilines is 2. The van der Waals surface area contributed by atoms with Crippen LogP contribution in [0.15, 0.2) is 48.5 Å². The molecule has 0 fully saturated rings. The summed E-state index contributed by atoms with van der Waals surface area (Å²) >= 11 is 0. The van der Waals surface area contributed by atoms with Gasteiger partial charge in [-0.2, -0.15) is 4.98 Å². The molecule has 4 nitrogen and oxygen atoms in total. The van der Waals surface area contributed by atoms with Crippen molar-refractivity contribution in [3.63, 3.8) is 0 Å². The van der Waals surface area contributed by atoms with Crippen LogP contribution in [0.5, 0.6) is 5.88 Å². The normalized spacial score (nSPS) is 10.6. The fourth-order valence-electron chi connectivity index (χ4n) is 2.48. The molecule has 0 bridgehead atoms. The number of nitrogens with one attached hydrogen (secondary N) is 1. The van der Waals surface area contributed by atoms with Crippen LogP contribution in [0.1, 0.15) is 22.4 Å². The lowest BCUT2D eigenvalue weighted by atomic mass is 10.1. The Morgan fingerprint density at radius 2 is 1.84 bits per heavy atom. The molecule has 0 saturated carbocycles. The van der Waals surface area contributed by atoms with Gasteiger partial charge in [-0.05, 0) is 50.1 Å². The van der Waals surface area contributed by atoms with Crippen LogP contribution in [0, 0.1) is 26.6 Å². The first-order chi connectivity index (χ1) is 12.0. The lowest BCUT2D eigenvalue weighted by Gasteiger charge is -2.10. The molecule has 128 valence electrons. The van der Waals surface area contributed by atoms with Crippen LogP contribution in [-0.4, -0.2) is 9.97 Å². The van der Waals surface area contributed by atoms with E-state index in [1.165, 1.54) is 11.6 Å². The number of hydrogen-bond donors (Lipinski definition) is 1. The van der Waals surface area contributed by atoms with Crippen molar-refractivity contribution in [2.45, 2.75) is 27.4 Å². The van der Waals surface area contributed by atoms with Crippen molar-refractivity contribution in [1.29, 1.82) is 0 Å². The van der Waals surface area contributed by atoms with Gasteiger partial charge in [-0.15, -0.1) is 0 Å². The molecular weight excluding hydrogens is 317 g/mol. The highest BCUT2D eigenvalue weighted by Crippen LogP contribution is 2.20. The molecule has 0 radical (unpaired) electrons. The molecular formula is C20H20FN3O. The largest absolute Gasteiger partial charge is 0.473 e. The maximum Gasteiger partial charge on any atom is 0.230 e. The van der Waals surface area contributed by atoms with Gasteiger partial charge in [0.25, 0.3) is 0 Å². The molecule has 1 N–H and O–H groups in total. The lowest BCUT2D eigenvalue weighted by molar-refractivity contribution is 0.293. The van der Waals surface area contributed by atoms with Crippen LogP contribution in [0.4, 0.5) is 16.0 Å². The van der Waals surface area contributed by atoms with Gasteiger partial charge in [-0.25, -0.2) is 9.37 Å². The first-order valence-electron chi connectivity index (χ1n) is 8.07. The lowest BCUT2D eigenvalue weighted by Crippen LogP contribution is -2.03. The zero-order chi connectivity index (χ0) is 17.8. The monoisotopic (exact) mass is 337 g/mol. The van der Waals surface area contributed by atoms with Crippen molar-refractivity contribution in [2.24, 2.45) is 0 Å². The second-order valence-corrected chi connectivity index (χ2v) is 6.04. The van der Waals surface area contributed by atoms with Crippen LogP contribution in [0.25, 0.3) is 0 Å². The molecule has 0 amide bonds. The number of rotatable bonds is 5. The second kappa shape index (κ2) is 7.30. The maximum atomic E-state index is 13.4. The van der Waals surface area contributed by atoms with Gasteiger partial charge in [-0.3, -0.25) is 0 Å². The molecule has 0 atom stereocenters. The van der Waals surface area contributed by atoms with Crippen molar-refractivity contribution >= 4 is 11.6 Å². The third-order valence-electron chi connectivity index (χ3n) is 3.71. The number of ether oxygens (including phenoxy) is 1. The van der Waals surface area contributed by atoms with Crippen LogP contribution in [-0.2, 0) is 6.61 Å². The van der Waals surface area contributed by atoms with Gasteiger partial charge >= 0.3 is 0 Å². The Bertz CT molecular complexity index is 896. The molecule has 0 spiro atoms. The third-order valence-corrected chi connectivity index (χ3v) is 3.71. The summed E-state index contributed by atoms with van der Waals surface area (Å²) in [5.41, 5.74) is 4.35. The summed E-state index contributed by atoms with van der Waals surface area (Å²) in [4.78, 5) is 8.73. The molecule has 0 saturated heterocycles. The molecule has 1 aromatic heterocycles. The van der Waals surface area contributed by atoms with Crippen LogP contribution in [0.2, 0.25) is 0 Å². The number of halogens is 1. The van der Waals surface area contributed by atoms with Gasteiger partial charge in [0.2, 0.25) is 11.8 Å². The predicted molar refractivity (Wildman–Crippen MR) is 96.7 cm³/mol. The molecule has 3 rings (SSSR count). The third kappa shape index (κ3) is 4.53. The number of benzene rings is 2. The van der Waals surface area contributed by atoms with E-state index in [0.717, 1.165) is 16.9 Å². The second-order valence-electron chi connectivity index (χ2n) is 6.04. The Kier molecular flexibility index (Phi) is 4.93. The standard InChI is InChI=1S/C20H20FN3O/c1-13-5-4-6-16(9-13)12-25-19-11-15(3)22-20(24-19)23-17-7-8-18(21)14(2)10-17/h4-11H,12H2,1-3H3,(H,22,23,24). The van der Waals surface area contributed by atoms with Crippen LogP contribution in [0.3, 0.4) is 0 Å². The molecule has 0 aliphatic rings. The summed E-state index contributed by atoms with van der Waals surface area (Å²) in [6.45, 7) is 6.08. The van der Waals surface area contributed by atoms with E-state index in [1.54, 1.807) is 25.1 Å². The van der Waals surface area contributed by atoms with Gasteiger partial charge in [0.05, 0.1) is 0 Å². The van der Waals surface area contributed by atoms with E-state index in [-0.39, 0.29) is 5.82 Å². The van der Waals surface area contributed by atoms with Crippen molar-refractivity contribution in [2.75, 3.05) is 5.32 Å². The van der Waals surface area contributed by atoms with Crippen LogP contribution >= 0.6 is 0 Å². The van der Waals surface area contributed by atoms with Gasteiger partial charge in [0.15, 0.2) is 0 Å². The zero-order valence-electron chi connectivity index (χ0n) is 14.5. The van der Waals surface area contributed by atoms with E-state index in [9.17, 15) is 4.39 Å². The summed E-state index contributed by atoms with van der Waals surface area (Å²) in [7, 11) is 0. The molecule has 1 heterocycles. The smallest absolute Gasteiger partial charge is 0.230 e. The summed E-state index contributed by atoms with van der Waals surface area (Å²) in [6, 6.07) is 14.7. The topological polar surface area (TPSA) is 47.0 Å². The summed E-state index contributed by atoms with van der Waals surface area (Å²) < 4.78 is 19.2. The molecule has 2 aromatic carbocycles. The van der Waals surface area contributed by atoms with Gasteiger partial charge in [-0.1, -0.05) is 29.8 Å². The fourth-order valence-corrected chi connectivity index (χ4v) is 2.48. The van der Waals surface area contributed by atoms with Gasteiger partial charge < -0.3 is 10.1 Å². The minimum absolute atomic E-state index is 0.238. The van der Waals surface area contributed by atoms with Crippen molar-refractivity contribution in [1.82, 2.24) is 9.97 Å². The average Bonchev–Trinajstić information content (AvgIpc) is 2.56. The van der Waals surface area contributed by atoms with Crippen molar-refractivity contribution < 1.29 is 9.13 Å². The Morgan fingerprint density at radius 1 is 1.00 bits per heavy atom. The maximum absolute atomic E-state index is 13.4. The van der Waals surface area contributed by atoms with E-state index < -0.39 is 0 Å². The van der Waals surface area contributed by atoms with E-state index in [1.807, 2.05) is 32.0 Å². The minimum atomic E-state index is -0.238. The quantitative estimate of drug-likeness (QED) is 0.722. The van der Waals surface area contributed by atoms with Crippen molar-refractivity contribution in [3.05, 3.63) is 76.7 Å².